The van der Waals surface area contributed by atoms with Crippen LogP contribution < -0.4 is 10.6 Å². The monoisotopic (exact) mass is 188 g/mol. The van der Waals surface area contributed by atoms with E-state index in [1.807, 2.05) is 0 Å². The van der Waals surface area contributed by atoms with E-state index >= 15 is 0 Å². The first-order chi connectivity index (χ1) is 6.81. The zero-order chi connectivity index (χ0) is 9.60. The number of piperidine rings is 1. The second-order valence-corrected chi connectivity index (χ2v) is 4.63. The summed E-state index contributed by atoms with van der Waals surface area (Å²) < 4.78 is 0. The highest BCUT2D eigenvalue weighted by Crippen LogP contribution is 2.42. The molecular formula is C12H16N2. The molecule has 2 heterocycles. The van der Waals surface area contributed by atoms with E-state index in [1.165, 1.54) is 17.7 Å². The third-order valence-corrected chi connectivity index (χ3v) is 3.74. The molecule has 74 valence electrons. The zero-order valence-corrected chi connectivity index (χ0v) is 8.51. The largest absolute Gasteiger partial charge is 0.381 e. The Morgan fingerprint density at radius 2 is 2.21 bits per heavy atom. The van der Waals surface area contributed by atoms with E-state index in [0.717, 1.165) is 13.1 Å². The molecule has 2 N–H and O–H groups in total. The van der Waals surface area contributed by atoms with Crippen LogP contribution in [0.1, 0.15) is 18.9 Å². The maximum absolute atomic E-state index is 3.64. The van der Waals surface area contributed by atoms with Gasteiger partial charge in [0.25, 0.3) is 0 Å². The van der Waals surface area contributed by atoms with Crippen LogP contribution in [0.5, 0.6) is 0 Å². The summed E-state index contributed by atoms with van der Waals surface area (Å²) in [6, 6.07) is 9.33. The molecule has 1 aromatic carbocycles. The number of anilines is 1. The molecule has 2 atom stereocenters. The first-order valence-electron chi connectivity index (χ1n) is 5.37. The Morgan fingerprint density at radius 3 is 3.14 bits per heavy atom. The Kier molecular flexibility index (Phi) is 1.62. The highest BCUT2D eigenvalue weighted by Gasteiger charge is 2.43. The molecule has 2 nitrogen and oxygen atoms in total. The molecule has 1 aromatic rings. The summed E-state index contributed by atoms with van der Waals surface area (Å²) in [5.41, 5.74) is 3.12. The summed E-state index contributed by atoms with van der Waals surface area (Å²) in [6.07, 6.45) is 1.23. The van der Waals surface area contributed by atoms with Crippen LogP contribution in [0.2, 0.25) is 0 Å². The Hall–Kier alpha value is -1.02. The summed E-state index contributed by atoms with van der Waals surface area (Å²) in [5, 5.41) is 7.13. The fourth-order valence-corrected chi connectivity index (χ4v) is 2.85. The summed E-state index contributed by atoms with van der Waals surface area (Å²) in [6.45, 7) is 4.60. The normalized spacial score (nSPS) is 34.5. The molecule has 0 aromatic heterocycles. The molecular weight excluding hydrogens is 172 g/mol. The van der Waals surface area contributed by atoms with Crippen LogP contribution in [-0.4, -0.2) is 19.1 Å². The molecule has 2 aliphatic rings. The quantitative estimate of drug-likeness (QED) is 0.648. The highest BCUT2D eigenvalue weighted by molar-refractivity contribution is 5.62. The molecule has 2 unspecified atom stereocenters. The predicted octanol–water partition coefficient (Wildman–Crippen LogP) is 1.73. The third kappa shape index (κ3) is 0.947. The van der Waals surface area contributed by atoms with Gasteiger partial charge in [0.15, 0.2) is 0 Å². The second kappa shape index (κ2) is 2.74. The van der Waals surface area contributed by atoms with E-state index in [4.69, 9.17) is 0 Å². The van der Waals surface area contributed by atoms with Gasteiger partial charge in [-0.15, -0.1) is 0 Å². The van der Waals surface area contributed by atoms with Crippen molar-refractivity contribution in [3.05, 3.63) is 29.8 Å². The molecule has 0 radical (unpaired) electrons. The van der Waals surface area contributed by atoms with Gasteiger partial charge >= 0.3 is 0 Å². The first kappa shape index (κ1) is 8.30. The highest BCUT2D eigenvalue weighted by atomic mass is 15.0. The van der Waals surface area contributed by atoms with E-state index in [9.17, 15) is 0 Å². The average molecular weight is 188 g/mol. The lowest BCUT2D eigenvalue weighted by molar-refractivity contribution is 0.324. The summed E-state index contributed by atoms with van der Waals surface area (Å²) in [4.78, 5) is 0. The Morgan fingerprint density at radius 1 is 1.36 bits per heavy atom. The van der Waals surface area contributed by atoms with Crippen LogP contribution in [0.4, 0.5) is 5.69 Å². The van der Waals surface area contributed by atoms with Gasteiger partial charge in [0.1, 0.15) is 0 Å². The lowest BCUT2D eigenvalue weighted by Crippen LogP contribution is -2.50. The number of benzene rings is 1. The van der Waals surface area contributed by atoms with Gasteiger partial charge in [-0.1, -0.05) is 25.1 Å². The van der Waals surface area contributed by atoms with Gasteiger partial charge in [0.05, 0.1) is 0 Å². The number of hydrogen-bond acceptors (Lipinski definition) is 2. The second-order valence-electron chi connectivity index (χ2n) is 4.63. The number of para-hydroxylation sites is 1. The van der Waals surface area contributed by atoms with E-state index in [1.54, 1.807) is 0 Å². The lowest BCUT2D eigenvalue weighted by Gasteiger charge is -2.36. The topological polar surface area (TPSA) is 24.1 Å². The van der Waals surface area contributed by atoms with Crippen LogP contribution >= 0.6 is 0 Å². The van der Waals surface area contributed by atoms with E-state index < -0.39 is 0 Å². The minimum Gasteiger partial charge on any atom is -0.381 e. The van der Waals surface area contributed by atoms with E-state index in [0.29, 0.717) is 11.5 Å². The maximum atomic E-state index is 3.64. The Bertz CT molecular complexity index is 361. The van der Waals surface area contributed by atoms with Gasteiger partial charge in [0.2, 0.25) is 0 Å². The molecule has 0 aliphatic carbocycles. The number of fused-ring (bicyclic) bond motifs is 3. The minimum atomic E-state index is 0.300. The van der Waals surface area contributed by atoms with E-state index in [2.05, 4.69) is 41.8 Å². The van der Waals surface area contributed by atoms with Crippen LogP contribution in [0.25, 0.3) is 0 Å². The van der Waals surface area contributed by atoms with Crippen LogP contribution in [0, 0.1) is 0 Å². The van der Waals surface area contributed by atoms with Gasteiger partial charge < -0.3 is 10.6 Å². The van der Waals surface area contributed by atoms with Crippen molar-refractivity contribution < 1.29 is 0 Å². The standard InChI is InChI=1S/C12H16N2/c1-12-8-13-7-6-11(12)14-10-5-3-2-4-9(10)12/h2-5,11,13-14H,6-8H2,1H3. The summed E-state index contributed by atoms with van der Waals surface area (Å²) in [7, 11) is 0. The number of nitrogens with one attached hydrogen (secondary N) is 2. The molecule has 2 aliphatic heterocycles. The summed E-state index contributed by atoms with van der Waals surface area (Å²) >= 11 is 0. The summed E-state index contributed by atoms with van der Waals surface area (Å²) in [5.74, 6) is 0. The molecule has 0 amide bonds. The predicted molar refractivity (Wildman–Crippen MR) is 58.7 cm³/mol. The smallest absolute Gasteiger partial charge is 0.0382 e. The fraction of sp³-hybridized carbons (Fsp3) is 0.500. The number of rotatable bonds is 0. The molecule has 0 spiro atoms. The molecule has 14 heavy (non-hydrogen) atoms. The molecule has 0 saturated carbocycles. The van der Waals surface area contributed by atoms with Crippen molar-refractivity contribution in [2.75, 3.05) is 18.4 Å². The van der Waals surface area contributed by atoms with Gasteiger partial charge in [0, 0.05) is 23.7 Å². The van der Waals surface area contributed by atoms with Gasteiger partial charge in [-0.2, -0.15) is 0 Å². The molecule has 1 saturated heterocycles. The lowest BCUT2D eigenvalue weighted by atomic mass is 9.75. The number of hydrogen-bond donors (Lipinski definition) is 2. The van der Waals surface area contributed by atoms with Crippen LogP contribution in [0.15, 0.2) is 24.3 Å². The van der Waals surface area contributed by atoms with Gasteiger partial charge in [-0.3, -0.25) is 0 Å². The first-order valence-corrected chi connectivity index (χ1v) is 5.37. The fourth-order valence-electron chi connectivity index (χ4n) is 2.85. The van der Waals surface area contributed by atoms with Crippen molar-refractivity contribution in [3.8, 4) is 0 Å². The Labute approximate surface area is 84.7 Å². The van der Waals surface area contributed by atoms with E-state index in [-0.39, 0.29) is 0 Å². The van der Waals surface area contributed by atoms with Crippen molar-refractivity contribution in [3.63, 3.8) is 0 Å². The van der Waals surface area contributed by atoms with Gasteiger partial charge in [-0.25, -0.2) is 0 Å². The van der Waals surface area contributed by atoms with Crippen molar-refractivity contribution in [2.24, 2.45) is 0 Å². The SMILES string of the molecule is CC12CNCCC1Nc1ccccc12. The molecule has 2 heteroatoms. The van der Waals surface area contributed by atoms with Crippen molar-refractivity contribution >= 4 is 5.69 Å². The Balaban J connectivity index is 2.10. The molecule has 1 fully saturated rings. The average Bonchev–Trinajstić information content (AvgIpc) is 2.51. The minimum absolute atomic E-state index is 0.300. The van der Waals surface area contributed by atoms with Crippen LogP contribution in [0.3, 0.4) is 0 Å². The maximum Gasteiger partial charge on any atom is 0.0382 e. The third-order valence-electron chi connectivity index (χ3n) is 3.74. The van der Waals surface area contributed by atoms with Crippen molar-refractivity contribution in [1.82, 2.24) is 5.32 Å². The molecule has 3 rings (SSSR count). The molecule has 0 bridgehead atoms. The zero-order valence-electron chi connectivity index (χ0n) is 8.51. The van der Waals surface area contributed by atoms with Crippen molar-refractivity contribution in [1.29, 1.82) is 0 Å². The van der Waals surface area contributed by atoms with Crippen molar-refractivity contribution in [2.45, 2.75) is 24.8 Å². The van der Waals surface area contributed by atoms with Gasteiger partial charge in [-0.05, 0) is 24.6 Å². The van der Waals surface area contributed by atoms with Crippen LogP contribution in [-0.2, 0) is 5.41 Å².